The molecule has 1 aliphatic rings. The Labute approximate surface area is 152 Å². The van der Waals surface area contributed by atoms with Gasteiger partial charge in [0.25, 0.3) is 0 Å². The molecule has 7 heteroatoms. The average molecular weight is 357 g/mol. The van der Waals surface area contributed by atoms with Gasteiger partial charge in [0.05, 0.1) is 6.54 Å². The van der Waals surface area contributed by atoms with Crippen LogP contribution in [0.4, 0.5) is 10.5 Å². The number of benzene rings is 1. The quantitative estimate of drug-likeness (QED) is 0.566. The molecule has 1 fully saturated rings. The summed E-state index contributed by atoms with van der Waals surface area (Å²) in [6, 6.07) is 6.85. The van der Waals surface area contributed by atoms with Crippen molar-refractivity contribution in [2.45, 2.75) is 45.3 Å². The zero-order chi connectivity index (χ0) is 19.2. The minimum atomic E-state index is -0.548. The van der Waals surface area contributed by atoms with E-state index >= 15 is 0 Å². The molecule has 26 heavy (non-hydrogen) atoms. The number of alkyl carbamates (subject to hydrolysis) is 1. The van der Waals surface area contributed by atoms with Gasteiger partial charge in [-0.25, -0.2) is 4.79 Å². The van der Waals surface area contributed by atoms with Crippen molar-refractivity contribution in [2.75, 3.05) is 11.9 Å². The number of carbonyl (C=O) groups excluding carboxylic acids is 3. The van der Waals surface area contributed by atoms with Crippen molar-refractivity contribution in [1.29, 1.82) is 0 Å². The van der Waals surface area contributed by atoms with Crippen molar-refractivity contribution in [2.24, 2.45) is 0 Å². The second kappa shape index (κ2) is 8.39. The predicted octanol–water partition coefficient (Wildman–Crippen LogP) is 1.78. The molecular weight excluding hydrogens is 334 g/mol. The highest BCUT2D eigenvalue weighted by Gasteiger charge is 2.26. The minimum absolute atomic E-state index is 0.166. The third-order valence-electron chi connectivity index (χ3n) is 3.40. The fourth-order valence-corrected chi connectivity index (χ4v) is 2.30. The molecule has 3 amide bonds. The molecule has 1 aliphatic heterocycles. The van der Waals surface area contributed by atoms with E-state index in [1.54, 1.807) is 20.8 Å². The van der Waals surface area contributed by atoms with E-state index in [4.69, 9.17) is 4.74 Å². The number of hydrogen-bond acceptors (Lipinski definition) is 5. The first-order valence-electron chi connectivity index (χ1n) is 8.39. The topological polar surface area (TPSA) is 96.5 Å². The Bertz CT molecular complexity index is 756. The van der Waals surface area contributed by atoms with Crippen LogP contribution in [0, 0.1) is 11.8 Å². The average Bonchev–Trinajstić information content (AvgIpc) is 2.53. The number of anilines is 1. The maximum atomic E-state index is 11.8. The van der Waals surface area contributed by atoms with Crippen LogP contribution in [-0.4, -0.2) is 36.1 Å². The van der Waals surface area contributed by atoms with E-state index in [0.717, 1.165) is 11.3 Å². The monoisotopic (exact) mass is 357 g/mol. The summed E-state index contributed by atoms with van der Waals surface area (Å²) in [6.07, 6.45) is 0.264. The molecule has 0 unspecified atom stereocenters. The van der Waals surface area contributed by atoms with Gasteiger partial charge in [-0.1, -0.05) is 17.9 Å². The van der Waals surface area contributed by atoms with E-state index < -0.39 is 17.7 Å². The summed E-state index contributed by atoms with van der Waals surface area (Å²) in [7, 11) is 0. The van der Waals surface area contributed by atoms with Gasteiger partial charge in [0, 0.05) is 17.7 Å². The SMILES string of the molecule is CC(C)(C)OC(=O)NCC#Cc1cccc(N[C@H]2CCC(=O)NC2=O)c1. The van der Waals surface area contributed by atoms with Crippen LogP contribution in [-0.2, 0) is 14.3 Å². The lowest BCUT2D eigenvalue weighted by molar-refractivity contribution is -0.133. The molecular formula is C19H23N3O4. The summed E-state index contributed by atoms with van der Waals surface area (Å²) >= 11 is 0. The first-order valence-corrected chi connectivity index (χ1v) is 8.39. The predicted molar refractivity (Wildman–Crippen MR) is 97.4 cm³/mol. The number of hydrogen-bond donors (Lipinski definition) is 3. The lowest BCUT2D eigenvalue weighted by Gasteiger charge is -2.22. The van der Waals surface area contributed by atoms with E-state index in [0.29, 0.717) is 12.8 Å². The van der Waals surface area contributed by atoms with Crippen molar-refractivity contribution < 1.29 is 19.1 Å². The van der Waals surface area contributed by atoms with Gasteiger partial charge in [-0.3, -0.25) is 14.9 Å². The van der Waals surface area contributed by atoms with Gasteiger partial charge in [0.2, 0.25) is 11.8 Å². The van der Waals surface area contributed by atoms with Gasteiger partial charge in [0.1, 0.15) is 11.6 Å². The largest absolute Gasteiger partial charge is 0.444 e. The summed E-state index contributed by atoms with van der Waals surface area (Å²) < 4.78 is 5.12. The number of rotatable bonds is 3. The van der Waals surface area contributed by atoms with Gasteiger partial charge < -0.3 is 15.4 Å². The van der Waals surface area contributed by atoms with E-state index in [9.17, 15) is 14.4 Å². The van der Waals surface area contributed by atoms with Crippen molar-refractivity contribution in [1.82, 2.24) is 10.6 Å². The van der Waals surface area contributed by atoms with Crippen LogP contribution in [0.3, 0.4) is 0 Å². The molecule has 0 radical (unpaired) electrons. The highest BCUT2D eigenvalue weighted by molar-refractivity contribution is 6.01. The van der Waals surface area contributed by atoms with Crippen LogP contribution in [0.5, 0.6) is 0 Å². The third-order valence-corrected chi connectivity index (χ3v) is 3.40. The van der Waals surface area contributed by atoms with Crippen LogP contribution in [0.15, 0.2) is 24.3 Å². The molecule has 1 saturated heterocycles. The Morgan fingerprint density at radius 1 is 1.35 bits per heavy atom. The lowest BCUT2D eigenvalue weighted by atomic mass is 10.1. The Morgan fingerprint density at radius 2 is 2.12 bits per heavy atom. The summed E-state index contributed by atoms with van der Waals surface area (Å²) in [4.78, 5) is 34.5. The third kappa shape index (κ3) is 6.48. The van der Waals surface area contributed by atoms with Gasteiger partial charge in [-0.2, -0.15) is 0 Å². The molecule has 1 aromatic carbocycles. The number of imide groups is 1. The van der Waals surface area contributed by atoms with Crippen LogP contribution in [0.25, 0.3) is 0 Å². The molecule has 138 valence electrons. The van der Waals surface area contributed by atoms with E-state index in [1.807, 2.05) is 24.3 Å². The summed E-state index contributed by atoms with van der Waals surface area (Å²) in [6.45, 7) is 5.54. The Morgan fingerprint density at radius 3 is 2.81 bits per heavy atom. The number of ether oxygens (including phenoxy) is 1. The lowest BCUT2D eigenvalue weighted by Crippen LogP contribution is -2.47. The molecule has 1 heterocycles. The fraction of sp³-hybridized carbons (Fsp3) is 0.421. The van der Waals surface area contributed by atoms with Crippen molar-refractivity contribution in [3.63, 3.8) is 0 Å². The maximum Gasteiger partial charge on any atom is 0.408 e. The van der Waals surface area contributed by atoms with E-state index in [-0.39, 0.29) is 18.4 Å². The molecule has 1 aromatic rings. The van der Waals surface area contributed by atoms with Gasteiger partial charge in [-0.05, 0) is 45.4 Å². The Kier molecular flexibility index (Phi) is 6.23. The smallest absolute Gasteiger partial charge is 0.408 e. The van der Waals surface area contributed by atoms with Crippen molar-refractivity contribution >= 4 is 23.6 Å². The second-order valence-electron chi connectivity index (χ2n) is 6.89. The van der Waals surface area contributed by atoms with E-state index in [1.165, 1.54) is 0 Å². The first kappa shape index (κ1) is 19.3. The maximum absolute atomic E-state index is 11.8. The molecule has 0 saturated carbocycles. The molecule has 2 rings (SSSR count). The Hall–Kier alpha value is -3.01. The highest BCUT2D eigenvalue weighted by atomic mass is 16.6. The van der Waals surface area contributed by atoms with Gasteiger partial charge >= 0.3 is 6.09 Å². The van der Waals surface area contributed by atoms with Crippen LogP contribution < -0.4 is 16.0 Å². The molecule has 0 aliphatic carbocycles. The Balaban J connectivity index is 1.88. The zero-order valence-electron chi connectivity index (χ0n) is 15.1. The first-order chi connectivity index (χ1) is 12.2. The number of piperidine rings is 1. The van der Waals surface area contributed by atoms with Crippen molar-refractivity contribution in [3.05, 3.63) is 29.8 Å². The van der Waals surface area contributed by atoms with Gasteiger partial charge in [0.15, 0.2) is 0 Å². The number of nitrogens with one attached hydrogen (secondary N) is 3. The molecule has 3 N–H and O–H groups in total. The second-order valence-corrected chi connectivity index (χ2v) is 6.89. The van der Waals surface area contributed by atoms with E-state index in [2.05, 4.69) is 27.8 Å². The molecule has 0 bridgehead atoms. The highest BCUT2D eigenvalue weighted by Crippen LogP contribution is 2.15. The summed E-state index contributed by atoms with van der Waals surface area (Å²) in [5.74, 6) is 5.23. The molecule has 0 aromatic heterocycles. The molecule has 1 atom stereocenters. The number of carbonyl (C=O) groups is 3. The summed E-state index contributed by atoms with van der Waals surface area (Å²) in [5, 5.41) is 7.98. The van der Waals surface area contributed by atoms with Gasteiger partial charge in [-0.15, -0.1) is 0 Å². The standard InChI is InChI=1S/C19H23N3O4/c1-19(2,3)26-18(25)20-11-5-7-13-6-4-8-14(12-13)21-15-9-10-16(23)22-17(15)24/h4,6,8,12,15,21H,9-11H2,1-3H3,(H,20,25)(H,22,23,24)/t15-/m0/s1. The number of amides is 3. The van der Waals surface area contributed by atoms with Crippen LogP contribution in [0.1, 0.15) is 39.2 Å². The van der Waals surface area contributed by atoms with Crippen LogP contribution in [0.2, 0.25) is 0 Å². The molecule has 0 spiro atoms. The van der Waals surface area contributed by atoms with Crippen molar-refractivity contribution in [3.8, 4) is 11.8 Å². The molecule has 7 nitrogen and oxygen atoms in total. The fourth-order valence-electron chi connectivity index (χ4n) is 2.30. The van der Waals surface area contributed by atoms with Crippen LogP contribution >= 0.6 is 0 Å². The zero-order valence-corrected chi connectivity index (χ0v) is 15.1. The summed E-state index contributed by atoms with van der Waals surface area (Å²) in [5.41, 5.74) is 0.938. The minimum Gasteiger partial charge on any atom is -0.444 e. The normalized spacial score (nSPS) is 16.8.